The van der Waals surface area contributed by atoms with Gasteiger partial charge < -0.3 is 10.2 Å². The number of hydrogen-bond donors (Lipinski definition) is 1. The molecule has 0 aromatic carbocycles. The predicted molar refractivity (Wildman–Crippen MR) is 95.7 cm³/mol. The highest BCUT2D eigenvalue weighted by Gasteiger charge is 2.29. The maximum Gasteiger partial charge on any atom is 0.317 e. The first-order valence-corrected chi connectivity index (χ1v) is 9.46. The van der Waals surface area contributed by atoms with Crippen LogP contribution in [-0.2, 0) is 7.05 Å². The van der Waals surface area contributed by atoms with Crippen LogP contribution in [0.3, 0.4) is 0 Å². The number of allylic oxidation sites excluding steroid dienone is 1. The van der Waals surface area contributed by atoms with Crippen molar-refractivity contribution >= 4 is 6.03 Å². The largest absolute Gasteiger partial charge is 0.338 e. The Kier molecular flexibility index (Phi) is 5.94. The Bertz CT molecular complexity index is 578. The number of aromatic nitrogens is 2. The topological polar surface area (TPSA) is 50.2 Å². The number of nitrogens with one attached hydrogen (secondary N) is 1. The minimum Gasteiger partial charge on any atom is -0.338 e. The van der Waals surface area contributed by atoms with Crippen molar-refractivity contribution in [2.75, 3.05) is 13.1 Å². The molecule has 1 aliphatic carbocycles. The summed E-state index contributed by atoms with van der Waals surface area (Å²) in [4.78, 5) is 14.7. The second kappa shape index (κ2) is 8.36. The molecule has 1 N–H and O–H groups in total. The third kappa shape index (κ3) is 4.19. The van der Waals surface area contributed by atoms with Crippen LogP contribution in [0.2, 0.25) is 0 Å². The molecule has 0 spiro atoms. The second-order valence-corrected chi connectivity index (χ2v) is 7.03. The van der Waals surface area contributed by atoms with E-state index in [9.17, 15) is 4.79 Å². The summed E-state index contributed by atoms with van der Waals surface area (Å²) in [6, 6.07) is 2.27. The molecular formula is C19H30N4O. The standard InChI is InChI=1S/C19H30N4O/c1-22-17(12-14-21-22)18-10-6-7-15-23(18)19(24)20-13-11-16-8-4-2-3-5-9-16/h8,12,14,18H,2-7,9-11,13,15H2,1H3,(H,20,24). The molecule has 132 valence electrons. The number of amides is 2. The van der Waals surface area contributed by atoms with E-state index < -0.39 is 0 Å². The predicted octanol–water partition coefficient (Wildman–Crippen LogP) is 3.94. The number of likely N-dealkylation sites (tertiary alicyclic amines) is 1. The van der Waals surface area contributed by atoms with Crippen LogP contribution in [0.4, 0.5) is 4.79 Å². The van der Waals surface area contributed by atoms with E-state index in [1.54, 1.807) is 0 Å². The quantitative estimate of drug-likeness (QED) is 0.850. The smallest absolute Gasteiger partial charge is 0.317 e. The molecule has 1 fully saturated rings. The number of aryl methyl sites for hydroxylation is 1. The van der Waals surface area contributed by atoms with Gasteiger partial charge in [-0.25, -0.2) is 4.79 Å². The summed E-state index contributed by atoms with van der Waals surface area (Å²) in [6.07, 6.45) is 14.9. The van der Waals surface area contributed by atoms with Gasteiger partial charge in [-0.15, -0.1) is 0 Å². The van der Waals surface area contributed by atoms with Crippen molar-refractivity contribution < 1.29 is 4.79 Å². The number of piperidine rings is 1. The molecule has 5 heteroatoms. The molecular weight excluding hydrogens is 300 g/mol. The number of rotatable bonds is 4. The molecule has 2 amide bonds. The van der Waals surface area contributed by atoms with Gasteiger partial charge in [0.05, 0.1) is 11.7 Å². The molecule has 24 heavy (non-hydrogen) atoms. The lowest BCUT2D eigenvalue weighted by Gasteiger charge is -2.35. The highest BCUT2D eigenvalue weighted by molar-refractivity contribution is 5.74. The fourth-order valence-electron chi connectivity index (χ4n) is 3.93. The van der Waals surface area contributed by atoms with E-state index in [1.165, 1.54) is 44.1 Å². The number of urea groups is 1. The van der Waals surface area contributed by atoms with Gasteiger partial charge in [-0.05, 0) is 57.4 Å². The highest BCUT2D eigenvalue weighted by atomic mass is 16.2. The molecule has 2 aliphatic rings. The number of carbonyl (C=O) groups excluding carboxylic acids is 1. The van der Waals surface area contributed by atoms with Crippen LogP contribution in [0.25, 0.3) is 0 Å². The first-order valence-electron chi connectivity index (χ1n) is 9.46. The Morgan fingerprint density at radius 2 is 2.21 bits per heavy atom. The first-order chi connectivity index (χ1) is 11.8. The van der Waals surface area contributed by atoms with Gasteiger partial charge in [-0.3, -0.25) is 4.68 Å². The summed E-state index contributed by atoms with van der Waals surface area (Å²) < 4.78 is 1.90. The summed E-state index contributed by atoms with van der Waals surface area (Å²) in [5.74, 6) is 0. The summed E-state index contributed by atoms with van der Waals surface area (Å²) in [7, 11) is 1.96. The van der Waals surface area contributed by atoms with E-state index in [1.807, 2.05) is 28.9 Å². The van der Waals surface area contributed by atoms with Crippen molar-refractivity contribution in [1.29, 1.82) is 0 Å². The Hall–Kier alpha value is -1.78. The van der Waals surface area contributed by atoms with Crippen LogP contribution in [-0.4, -0.2) is 33.8 Å². The van der Waals surface area contributed by atoms with Crippen molar-refractivity contribution in [3.8, 4) is 0 Å². The SMILES string of the molecule is Cn1nccc1C1CCCCN1C(=O)NCCC1=CCCCCC1. The number of hydrogen-bond acceptors (Lipinski definition) is 2. The first kappa shape index (κ1) is 17.1. The zero-order valence-electron chi connectivity index (χ0n) is 14.8. The lowest BCUT2D eigenvalue weighted by atomic mass is 9.99. The van der Waals surface area contributed by atoms with Gasteiger partial charge >= 0.3 is 6.03 Å². The zero-order chi connectivity index (χ0) is 16.8. The molecule has 1 aliphatic heterocycles. The molecule has 1 saturated heterocycles. The van der Waals surface area contributed by atoms with E-state index in [0.29, 0.717) is 0 Å². The Balaban J connectivity index is 1.54. The van der Waals surface area contributed by atoms with Crippen LogP contribution in [0.15, 0.2) is 23.9 Å². The molecule has 0 saturated carbocycles. The second-order valence-electron chi connectivity index (χ2n) is 7.03. The van der Waals surface area contributed by atoms with E-state index in [-0.39, 0.29) is 12.1 Å². The Morgan fingerprint density at radius 3 is 3.04 bits per heavy atom. The van der Waals surface area contributed by atoms with Gasteiger partial charge in [0.15, 0.2) is 0 Å². The molecule has 0 bridgehead atoms. The van der Waals surface area contributed by atoms with E-state index in [0.717, 1.165) is 38.0 Å². The van der Waals surface area contributed by atoms with Gasteiger partial charge in [0.1, 0.15) is 0 Å². The van der Waals surface area contributed by atoms with Crippen LogP contribution in [0, 0.1) is 0 Å². The number of carbonyl (C=O) groups is 1. The summed E-state index contributed by atoms with van der Waals surface area (Å²) in [5.41, 5.74) is 2.66. The maximum atomic E-state index is 12.7. The highest BCUT2D eigenvalue weighted by Crippen LogP contribution is 2.30. The lowest BCUT2D eigenvalue weighted by Crippen LogP contribution is -2.45. The van der Waals surface area contributed by atoms with Gasteiger partial charge in [0.25, 0.3) is 0 Å². The van der Waals surface area contributed by atoms with Crippen LogP contribution in [0.1, 0.15) is 69.5 Å². The molecule has 1 aromatic rings. The molecule has 3 rings (SSSR count). The van der Waals surface area contributed by atoms with Gasteiger partial charge in [0, 0.05) is 26.3 Å². The van der Waals surface area contributed by atoms with Crippen molar-refractivity contribution in [3.05, 3.63) is 29.6 Å². The number of nitrogens with zero attached hydrogens (tertiary/aromatic N) is 3. The molecule has 1 atom stereocenters. The van der Waals surface area contributed by atoms with Crippen molar-refractivity contribution in [1.82, 2.24) is 20.0 Å². The molecule has 5 nitrogen and oxygen atoms in total. The van der Waals surface area contributed by atoms with Gasteiger partial charge in [-0.1, -0.05) is 18.1 Å². The lowest BCUT2D eigenvalue weighted by molar-refractivity contribution is 0.148. The van der Waals surface area contributed by atoms with Crippen molar-refractivity contribution in [2.45, 2.75) is 63.8 Å². The molecule has 1 aromatic heterocycles. The Labute approximate surface area is 145 Å². The summed E-state index contributed by atoms with van der Waals surface area (Å²) in [6.45, 7) is 1.59. The zero-order valence-corrected chi connectivity index (χ0v) is 14.8. The molecule has 1 unspecified atom stereocenters. The average Bonchev–Trinajstić information content (AvgIpc) is 2.86. The summed E-state index contributed by atoms with van der Waals surface area (Å²) >= 11 is 0. The minimum atomic E-state index is 0.0788. The third-order valence-electron chi connectivity index (χ3n) is 5.32. The van der Waals surface area contributed by atoms with Crippen LogP contribution >= 0.6 is 0 Å². The van der Waals surface area contributed by atoms with Gasteiger partial charge in [0.2, 0.25) is 0 Å². The molecule has 0 radical (unpaired) electrons. The van der Waals surface area contributed by atoms with Gasteiger partial charge in [-0.2, -0.15) is 5.10 Å². The molecule has 2 heterocycles. The van der Waals surface area contributed by atoms with Crippen molar-refractivity contribution in [2.24, 2.45) is 7.05 Å². The summed E-state index contributed by atoms with van der Waals surface area (Å²) in [5, 5.41) is 7.42. The van der Waals surface area contributed by atoms with Crippen molar-refractivity contribution in [3.63, 3.8) is 0 Å². The van der Waals surface area contributed by atoms with Crippen LogP contribution < -0.4 is 5.32 Å². The minimum absolute atomic E-state index is 0.0788. The normalized spacial score (nSPS) is 22.0. The fourth-order valence-corrected chi connectivity index (χ4v) is 3.93. The maximum absolute atomic E-state index is 12.7. The van der Waals surface area contributed by atoms with E-state index in [4.69, 9.17) is 0 Å². The monoisotopic (exact) mass is 330 g/mol. The van der Waals surface area contributed by atoms with E-state index >= 15 is 0 Å². The van der Waals surface area contributed by atoms with E-state index in [2.05, 4.69) is 16.5 Å². The van der Waals surface area contributed by atoms with Crippen LogP contribution in [0.5, 0.6) is 0 Å². The Morgan fingerprint density at radius 1 is 1.29 bits per heavy atom. The fraction of sp³-hybridized carbons (Fsp3) is 0.684. The third-order valence-corrected chi connectivity index (χ3v) is 5.32. The average molecular weight is 330 g/mol.